The van der Waals surface area contributed by atoms with E-state index in [-0.39, 0.29) is 0 Å². The highest BCUT2D eigenvalue weighted by Gasteiger charge is 2.37. The van der Waals surface area contributed by atoms with E-state index in [1.807, 2.05) is 0 Å². The number of aliphatic carboxylic acids is 1. The minimum atomic E-state index is -1.07. The van der Waals surface area contributed by atoms with Gasteiger partial charge in [0, 0.05) is 6.54 Å². The van der Waals surface area contributed by atoms with Crippen molar-refractivity contribution in [2.24, 2.45) is 5.92 Å². The van der Waals surface area contributed by atoms with Crippen molar-refractivity contribution in [2.75, 3.05) is 13.7 Å². The predicted molar refractivity (Wildman–Crippen MR) is 34.5 cm³/mol. The third-order valence-corrected chi connectivity index (χ3v) is 1.68. The molecule has 1 saturated heterocycles. The lowest BCUT2D eigenvalue weighted by molar-refractivity contribution is -0.172. The second-order valence-electron chi connectivity index (χ2n) is 2.30. The average Bonchev–Trinajstić information content (AvgIpc) is 2.30. The zero-order valence-electron chi connectivity index (χ0n) is 6.11. The van der Waals surface area contributed by atoms with Crippen LogP contribution in [0.3, 0.4) is 0 Å². The Morgan fingerprint density at radius 3 is 2.73 bits per heavy atom. The van der Waals surface area contributed by atoms with E-state index in [4.69, 9.17) is 5.11 Å². The summed E-state index contributed by atoms with van der Waals surface area (Å²) in [5.74, 6) is -2.44. The van der Waals surface area contributed by atoms with E-state index in [0.29, 0.717) is 13.0 Å². The number of amides is 1. The van der Waals surface area contributed by atoms with Gasteiger partial charge in [0.1, 0.15) is 5.92 Å². The SMILES string of the molecule is CON1CCC(C(=O)O)C1=O. The van der Waals surface area contributed by atoms with Crippen molar-refractivity contribution in [3.63, 3.8) is 0 Å². The summed E-state index contributed by atoms with van der Waals surface area (Å²) in [4.78, 5) is 26.0. The molecular weight excluding hydrogens is 150 g/mol. The summed E-state index contributed by atoms with van der Waals surface area (Å²) in [6.07, 6.45) is 0.335. The molecule has 1 heterocycles. The summed E-state index contributed by atoms with van der Waals surface area (Å²) in [5.41, 5.74) is 0. The van der Waals surface area contributed by atoms with Gasteiger partial charge in [0.25, 0.3) is 5.91 Å². The monoisotopic (exact) mass is 159 g/mol. The number of hydrogen-bond donors (Lipinski definition) is 1. The van der Waals surface area contributed by atoms with E-state index in [0.717, 1.165) is 5.06 Å². The van der Waals surface area contributed by atoms with Crippen LogP contribution in [-0.4, -0.2) is 35.7 Å². The van der Waals surface area contributed by atoms with E-state index in [2.05, 4.69) is 4.84 Å². The lowest BCUT2D eigenvalue weighted by Gasteiger charge is -2.10. The Kier molecular flexibility index (Phi) is 2.09. The molecule has 1 unspecified atom stereocenters. The number of hydrogen-bond acceptors (Lipinski definition) is 3. The first-order chi connectivity index (χ1) is 5.16. The summed E-state index contributed by atoms with van der Waals surface area (Å²) in [6.45, 7) is 0.367. The Morgan fingerprint density at radius 1 is 1.82 bits per heavy atom. The van der Waals surface area contributed by atoms with Crippen molar-refractivity contribution in [3.8, 4) is 0 Å². The van der Waals surface area contributed by atoms with Crippen molar-refractivity contribution < 1.29 is 19.5 Å². The molecule has 11 heavy (non-hydrogen) atoms. The summed E-state index contributed by atoms with van der Waals surface area (Å²) in [6, 6.07) is 0. The van der Waals surface area contributed by atoms with Gasteiger partial charge in [-0.3, -0.25) is 14.4 Å². The summed E-state index contributed by atoms with van der Waals surface area (Å²) in [5, 5.41) is 9.56. The van der Waals surface area contributed by atoms with E-state index >= 15 is 0 Å². The minimum absolute atomic E-state index is 0.335. The highest BCUT2D eigenvalue weighted by molar-refractivity contribution is 5.97. The molecule has 5 heteroatoms. The molecule has 0 spiro atoms. The van der Waals surface area contributed by atoms with Crippen molar-refractivity contribution in [1.29, 1.82) is 0 Å². The van der Waals surface area contributed by atoms with E-state index in [1.165, 1.54) is 7.11 Å². The molecule has 5 nitrogen and oxygen atoms in total. The molecule has 1 atom stereocenters. The summed E-state index contributed by atoms with van der Waals surface area (Å²) in [7, 11) is 1.35. The number of carbonyl (C=O) groups is 2. The number of carbonyl (C=O) groups excluding carboxylic acids is 1. The first kappa shape index (κ1) is 8.00. The van der Waals surface area contributed by atoms with Crippen molar-refractivity contribution in [2.45, 2.75) is 6.42 Å². The molecule has 1 amide bonds. The standard InChI is InChI=1S/C6H9NO4/c1-11-7-3-2-4(5(7)8)6(9)10/h4H,2-3H2,1H3,(H,9,10). The normalized spacial score (nSPS) is 24.3. The number of carboxylic acid groups (broad SMARTS) is 1. The highest BCUT2D eigenvalue weighted by atomic mass is 16.7. The molecule has 1 aliphatic heterocycles. The van der Waals surface area contributed by atoms with Gasteiger partial charge in [0.2, 0.25) is 0 Å². The number of rotatable bonds is 2. The smallest absolute Gasteiger partial charge is 0.316 e. The zero-order chi connectivity index (χ0) is 8.43. The molecule has 0 saturated carbocycles. The van der Waals surface area contributed by atoms with Crippen LogP contribution in [0, 0.1) is 5.92 Å². The van der Waals surface area contributed by atoms with Crippen LogP contribution in [0.15, 0.2) is 0 Å². The van der Waals surface area contributed by atoms with Crippen LogP contribution < -0.4 is 0 Å². The molecule has 0 aromatic heterocycles. The predicted octanol–water partition coefficient (Wildman–Crippen LogP) is -0.519. The van der Waals surface area contributed by atoms with Crippen LogP contribution >= 0.6 is 0 Å². The van der Waals surface area contributed by atoms with Gasteiger partial charge in [-0.25, -0.2) is 5.06 Å². The third kappa shape index (κ3) is 1.32. The first-order valence-corrected chi connectivity index (χ1v) is 3.25. The Balaban J connectivity index is 2.63. The molecule has 1 N–H and O–H groups in total. The van der Waals surface area contributed by atoms with E-state index < -0.39 is 17.8 Å². The fourth-order valence-corrected chi connectivity index (χ4v) is 1.06. The second-order valence-corrected chi connectivity index (χ2v) is 2.30. The molecule has 1 rings (SSSR count). The lowest BCUT2D eigenvalue weighted by atomic mass is 10.1. The van der Waals surface area contributed by atoms with E-state index in [9.17, 15) is 9.59 Å². The Hall–Kier alpha value is -1.10. The van der Waals surface area contributed by atoms with Crippen LogP contribution in [0.4, 0.5) is 0 Å². The third-order valence-electron chi connectivity index (χ3n) is 1.68. The van der Waals surface area contributed by atoms with Gasteiger partial charge in [-0.1, -0.05) is 0 Å². The number of nitrogens with zero attached hydrogens (tertiary/aromatic N) is 1. The first-order valence-electron chi connectivity index (χ1n) is 3.25. The molecule has 0 bridgehead atoms. The van der Waals surface area contributed by atoms with Gasteiger partial charge in [-0.2, -0.15) is 0 Å². The maximum atomic E-state index is 11.0. The lowest BCUT2D eigenvalue weighted by Crippen LogP contribution is -2.29. The molecular formula is C6H9NO4. The Morgan fingerprint density at radius 2 is 2.45 bits per heavy atom. The maximum absolute atomic E-state index is 11.0. The molecule has 1 aliphatic rings. The maximum Gasteiger partial charge on any atom is 0.316 e. The quantitative estimate of drug-likeness (QED) is 0.550. The van der Waals surface area contributed by atoms with Crippen LogP contribution in [0.5, 0.6) is 0 Å². The Labute approximate surface area is 63.5 Å². The molecule has 0 radical (unpaired) electrons. The second kappa shape index (κ2) is 2.87. The number of carboxylic acids is 1. The molecule has 0 aromatic rings. The van der Waals surface area contributed by atoms with Gasteiger partial charge in [0.05, 0.1) is 7.11 Å². The fraction of sp³-hybridized carbons (Fsp3) is 0.667. The van der Waals surface area contributed by atoms with E-state index in [1.54, 1.807) is 0 Å². The molecule has 1 fully saturated rings. The Bertz CT molecular complexity index is 191. The summed E-state index contributed by atoms with van der Waals surface area (Å²) >= 11 is 0. The van der Waals surface area contributed by atoms with Crippen LogP contribution in [0.25, 0.3) is 0 Å². The minimum Gasteiger partial charge on any atom is -0.481 e. The molecule has 62 valence electrons. The number of hydroxylamine groups is 2. The summed E-state index contributed by atoms with van der Waals surface area (Å²) < 4.78 is 0. The highest BCUT2D eigenvalue weighted by Crippen LogP contribution is 2.17. The van der Waals surface area contributed by atoms with Crippen molar-refractivity contribution in [1.82, 2.24) is 5.06 Å². The van der Waals surface area contributed by atoms with Gasteiger partial charge in [-0.15, -0.1) is 0 Å². The molecule has 0 aromatic carbocycles. The largest absolute Gasteiger partial charge is 0.481 e. The van der Waals surface area contributed by atoms with Gasteiger partial charge in [-0.05, 0) is 6.42 Å². The van der Waals surface area contributed by atoms with Crippen molar-refractivity contribution >= 4 is 11.9 Å². The van der Waals surface area contributed by atoms with Crippen LogP contribution in [0.1, 0.15) is 6.42 Å². The van der Waals surface area contributed by atoms with Crippen molar-refractivity contribution in [3.05, 3.63) is 0 Å². The van der Waals surface area contributed by atoms with Gasteiger partial charge in [0.15, 0.2) is 0 Å². The fourth-order valence-electron chi connectivity index (χ4n) is 1.06. The topological polar surface area (TPSA) is 66.8 Å². The van der Waals surface area contributed by atoms with Crippen LogP contribution in [0.2, 0.25) is 0 Å². The zero-order valence-corrected chi connectivity index (χ0v) is 6.11. The average molecular weight is 159 g/mol. The molecule has 0 aliphatic carbocycles. The van der Waals surface area contributed by atoms with Crippen LogP contribution in [-0.2, 0) is 14.4 Å². The van der Waals surface area contributed by atoms with Gasteiger partial charge >= 0.3 is 5.97 Å². The van der Waals surface area contributed by atoms with Gasteiger partial charge < -0.3 is 5.11 Å².